The van der Waals surface area contributed by atoms with Crippen molar-refractivity contribution in [2.45, 2.75) is 57.5 Å². The van der Waals surface area contributed by atoms with Gasteiger partial charge in [-0.15, -0.1) is 0 Å². The van der Waals surface area contributed by atoms with Gasteiger partial charge in [-0.1, -0.05) is 19.3 Å². The molecule has 2 aliphatic carbocycles. The van der Waals surface area contributed by atoms with E-state index in [4.69, 9.17) is 8.92 Å². The Morgan fingerprint density at radius 2 is 1.80 bits per heavy atom. The van der Waals surface area contributed by atoms with Crippen LogP contribution in [0.2, 0.25) is 0 Å². The van der Waals surface area contributed by atoms with Gasteiger partial charge in [-0.25, -0.2) is 0 Å². The molecule has 0 bridgehead atoms. The zero-order valence-corrected chi connectivity index (χ0v) is 13.1. The standard InChI is InChI=1S/C14H24O5S/c1-18-13(15)11-10-14(7-4-3-5-8-14)9-6-12(11)19-20(2,16)17/h11-12H,3-10H2,1-2H3/t11-,12-/m0/s1. The molecule has 2 fully saturated rings. The molecule has 0 aromatic heterocycles. The summed E-state index contributed by atoms with van der Waals surface area (Å²) in [5.74, 6) is -0.801. The van der Waals surface area contributed by atoms with Crippen LogP contribution in [0, 0.1) is 11.3 Å². The molecule has 0 amide bonds. The third kappa shape index (κ3) is 3.73. The molecule has 0 aromatic carbocycles. The average Bonchev–Trinajstić information content (AvgIpc) is 2.40. The van der Waals surface area contributed by atoms with E-state index in [9.17, 15) is 13.2 Å². The molecule has 0 heterocycles. The number of carbonyl (C=O) groups excluding carboxylic acids is 1. The highest BCUT2D eigenvalue weighted by atomic mass is 32.2. The van der Waals surface area contributed by atoms with Gasteiger partial charge in [0.2, 0.25) is 0 Å². The van der Waals surface area contributed by atoms with E-state index in [0.717, 1.165) is 25.5 Å². The van der Waals surface area contributed by atoms with Gasteiger partial charge in [0.15, 0.2) is 0 Å². The first-order valence-electron chi connectivity index (χ1n) is 7.31. The minimum Gasteiger partial charge on any atom is -0.469 e. The fraction of sp³-hybridized carbons (Fsp3) is 0.929. The lowest BCUT2D eigenvalue weighted by Gasteiger charge is -2.45. The van der Waals surface area contributed by atoms with Crippen LogP contribution >= 0.6 is 0 Å². The summed E-state index contributed by atoms with van der Waals surface area (Å²) in [6.45, 7) is 0. The molecule has 2 rings (SSSR count). The Morgan fingerprint density at radius 1 is 1.15 bits per heavy atom. The molecule has 0 saturated heterocycles. The minimum atomic E-state index is -3.55. The summed E-state index contributed by atoms with van der Waals surface area (Å²) in [6, 6.07) is 0. The first kappa shape index (κ1) is 15.8. The van der Waals surface area contributed by atoms with E-state index >= 15 is 0 Å². The van der Waals surface area contributed by atoms with Crippen LogP contribution in [0.15, 0.2) is 0 Å². The Bertz CT molecular complexity index is 450. The third-order valence-electron chi connectivity index (χ3n) is 4.78. The summed E-state index contributed by atoms with van der Waals surface area (Å²) in [4.78, 5) is 12.0. The molecule has 1 spiro atoms. The van der Waals surface area contributed by atoms with Crippen LogP contribution in [0.3, 0.4) is 0 Å². The molecule has 2 atom stereocenters. The second kappa shape index (κ2) is 6.02. The molecule has 5 nitrogen and oxygen atoms in total. The van der Waals surface area contributed by atoms with Crippen molar-refractivity contribution in [2.75, 3.05) is 13.4 Å². The number of ether oxygens (including phenoxy) is 1. The first-order valence-corrected chi connectivity index (χ1v) is 9.13. The zero-order valence-electron chi connectivity index (χ0n) is 12.3. The maximum Gasteiger partial charge on any atom is 0.311 e. The van der Waals surface area contributed by atoms with E-state index in [1.54, 1.807) is 0 Å². The predicted octanol–water partition coefficient (Wildman–Crippen LogP) is 2.25. The van der Waals surface area contributed by atoms with Crippen LogP contribution in [0.1, 0.15) is 51.4 Å². The van der Waals surface area contributed by atoms with Crippen molar-refractivity contribution >= 4 is 16.1 Å². The molecule has 20 heavy (non-hydrogen) atoms. The number of rotatable bonds is 3. The van der Waals surface area contributed by atoms with Gasteiger partial charge in [0.25, 0.3) is 10.1 Å². The highest BCUT2D eigenvalue weighted by Gasteiger charge is 2.46. The lowest BCUT2D eigenvalue weighted by molar-refractivity contribution is -0.153. The Kier molecular flexibility index (Phi) is 4.74. The fourth-order valence-electron chi connectivity index (χ4n) is 3.83. The molecule has 2 aliphatic rings. The largest absolute Gasteiger partial charge is 0.469 e. The highest BCUT2D eigenvalue weighted by molar-refractivity contribution is 7.86. The summed E-state index contributed by atoms with van der Waals surface area (Å²) >= 11 is 0. The number of hydrogen-bond acceptors (Lipinski definition) is 5. The fourth-order valence-corrected chi connectivity index (χ4v) is 4.51. The van der Waals surface area contributed by atoms with Gasteiger partial charge in [-0.05, 0) is 37.5 Å². The van der Waals surface area contributed by atoms with Gasteiger partial charge in [-0.3, -0.25) is 8.98 Å². The zero-order chi connectivity index (χ0) is 14.8. The smallest absolute Gasteiger partial charge is 0.311 e. The highest BCUT2D eigenvalue weighted by Crippen LogP contribution is 2.50. The van der Waals surface area contributed by atoms with Crippen LogP contribution in [0.4, 0.5) is 0 Å². The predicted molar refractivity (Wildman–Crippen MR) is 74.6 cm³/mol. The Balaban J connectivity index is 2.14. The van der Waals surface area contributed by atoms with E-state index in [2.05, 4.69) is 0 Å². The van der Waals surface area contributed by atoms with Crippen LogP contribution in [-0.2, 0) is 23.8 Å². The van der Waals surface area contributed by atoms with Crippen molar-refractivity contribution in [1.82, 2.24) is 0 Å². The van der Waals surface area contributed by atoms with Crippen LogP contribution in [0.25, 0.3) is 0 Å². The monoisotopic (exact) mass is 304 g/mol. The SMILES string of the molecule is COC(=O)[C@H]1CC2(CCCCC2)CC[C@@H]1OS(C)(=O)=O. The van der Waals surface area contributed by atoms with E-state index in [0.29, 0.717) is 12.8 Å². The minimum absolute atomic E-state index is 0.189. The average molecular weight is 304 g/mol. The van der Waals surface area contributed by atoms with Crippen LogP contribution < -0.4 is 0 Å². The van der Waals surface area contributed by atoms with Crippen molar-refractivity contribution in [2.24, 2.45) is 11.3 Å². The molecular weight excluding hydrogens is 280 g/mol. The van der Waals surface area contributed by atoms with E-state index < -0.39 is 22.1 Å². The molecular formula is C14H24O5S. The van der Waals surface area contributed by atoms with Gasteiger partial charge in [0, 0.05) is 0 Å². The first-order chi connectivity index (χ1) is 9.35. The normalized spacial score (nSPS) is 30.1. The molecule has 0 radical (unpaired) electrons. The molecule has 6 heteroatoms. The molecule has 116 valence electrons. The second-order valence-electron chi connectivity index (χ2n) is 6.27. The van der Waals surface area contributed by atoms with Crippen LogP contribution in [-0.4, -0.2) is 33.9 Å². The number of esters is 1. The van der Waals surface area contributed by atoms with Crippen molar-refractivity contribution in [3.05, 3.63) is 0 Å². The van der Waals surface area contributed by atoms with Crippen molar-refractivity contribution < 1.29 is 22.1 Å². The Hall–Kier alpha value is -0.620. The Labute approximate surface area is 121 Å². The third-order valence-corrected chi connectivity index (χ3v) is 5.37. The topological polar surface area (TPSA) is 69.7 Å². The Morgan fingerprint density at radius 3 is 2.35 bits per heavy atom. The number of carbonyl (C=O) groups is 1. The van der Waals surface area contributed by atoms with Gasteiger partial charge < -0.3 is 4.74 Å². The molecule has 0 N–H and O–H groups in total. The van der Waals surface area contributed by atoms with Crippen LogP contribution in [0.5, 0.6) is 0 Å². The van der Waals surface area contributed by atoms with E-state index in [-0.39, 0.29) is 11.4 Å². The van der Waals surface area contributed by atoms with E-state index in [1.807, 2.05) is 0 Å². The van der Waals surface area contributed by atoms with E-state index in [1.165, 1.54) is 26.4 Å². The maximum absolute atomic E-state index is 12.0. The maximum atomic E-state index is 12.0. The summed E-state index contributed by atoms with van der Waals surface area (Å²) in [6.07, 6.45) is 8.65. The summed E-state index contributed by atoms with van der Waals surface area (Å²) < 4.78 is 32.7. The van der Waals surface area contributed by atoms with Crippen molar-refractivity contribution in [3.63, 3.8) is 0 Å². The summed E-state index contributed by atoms with van der Waals surface area (Å²) in [5.41, 5.74) is 0.189. The number of methoxy groups -OCH3 is 1. The molecule has 0 unspecified atom stereocenters. The van der Waals surface area contributed by atoms with Gasteiger partial charge in [0.05, 0.1) is 25.4 Å². The van der Waals surface area contributed by atoms with Crippen molar-refractivity contribution in [1.29, 1.82) is 0 Å². The lowest BCUT2D eigenvalue weighted by atomic mass is 9.62. The molecule has 2 saturated carbocycles. The van der Waals surface area contributed by atoms with Gasteiger partial charge in [0.1, 0.15) is 0 Å². The summed E-state index contributed by atoms with van der Waals surface area (Å²) in [7, 11) is -2.20. The van der Waals surface area contributed by atoms with Crippen molar-refractivity contribution in [3.8, 4) is 0 Å². The van der Waals surface area contributed by atoms with Gasteiger partial charge in [-0.2, -0.15) is 8.42 Å². The summed E-state index contributed by atoms with van der Waals surface area (Å²) in [5, 5.41) is 0. The quantitative estimate of drug-likeness (QED) is 0.591. The molecule has 0 aromatic rings. The molecule has 0 aliphatic heterocycles. The number of hydrogen-bond donors (Lipinski definition) is 0. The second-order valence-corrected chi connectivity index (χ2v) is 7.87. The lowest BCUT2D eigenvalue weighted by Crippen LogP contribution is -2.43. The van der Waals surface area contributed by atoms with Gasteiger partial charge >= 0.3 is 5.97 Å².